The van der Waals surface area contributed by atoms with Gasteiger partial charge in [-0.3, -0.25) is 5.32 Å². The highest BCUT2D eigenvalue weighted by molar-refractivity contribution is 4.81. The zero-order chi connectivity index (χ0) is 7.56. The fourth-order valence-corrected chi connectivity index (χ4v) is 1.17. The summed E-state index contributed by atoms with van der Waals surface area (Å²) in [5.74, 6) is 0. The third-order valence-corrected chi connectivity index (χ3v) is 1.69. The zero-order valence-electron chi connectivity index (χ0n) is 6.20. The first-order chi connectivity index (χ1) is 4.74. The standard InChI is InChI=1S/C6H12N2O2/c1-4-6(3-7-9)10-5(2)8-4/h4-6,8H,3H2,1-2H3/t4?,5-,6+/m0/s1. The van der Waals surface area contributed by atoms with Crippen molar-refractivity contribution in [3.05, 3.63) is 4.91 Å². The van der Waals surface area contributed by atoms with Gasteiger partial charge in [-0.1, -0.05) is 5.18 Å². The van der Waals surface area contributed by atoms with Crippen LogP contribution in [0.4, 0.5) is 0 Å². The summed E-state index contributed by atoms with van der Waals surface area (Å²) in [5, 5.41) is 5.92. The van der Waals surface area contributed by atoms with Gasteiger partial charge in [0.15, 0.2) is 0 Å². The van der Waals surface area contributed by atoms with Crippen LogP contribution in [0.1, 0.15) is 13.8 Å². The van der Waals surface area contributed by atoms with Crippen LogP contribution in [0.25, 0.3) is 0 Å². The lowest BCUT2D eigenvalue weighted by Gasteiger charge is -2.07. The molecule has 0 aromatic carbocycles. The molecule has 0 saturated carbocycles. The molecule has 1 aliphatic heterocycles. The van der Waals surface area contributed by atoms with E-state index in [9.17, 15) is 4.91 Å². The molecule has 1 rings (SSSR count). The van der Waals surface area contributed by atoms with E-state index in [4.69, 9.17) is 4.74 Å². The fourth-order valence-electron chi connectivity index (χ4n) is 1.17. The topological polar surface area (TPSA) is 50.7 Å². The maximum Gasteiger partial charge on any atom is 0.109 e. The zero-order valence-corrected chi connectivity index (χ0v) is 6.20. The molecule has 1 heterocycles. The van der Waals surface area contributed by atoms with E-state index in [2.05, 4.69) is 10.5 Å². The van der Waals surface area contributed by atoms with Gasteiger partial charge in [-0.05, 0) is 13.8 Å². The minimum Gasteiger partial charge on any atom is -0.357 e. The second-order valence-electron chi connectivity index (χ2n) is 2.58. The van der Waals surface area contributed by atoms with Gasteiger partial charge in [0, 0.05) is 6.04 Å². The van der Waals surface area contributed by atoms with Gasteiger partial charge in [0.2, 0.25) is 0 Å². The van der Waals surface area contributed by atoms with Gasteiger partial charge < -0.3 is 4.74 Å². The Kier molecular flexibility index (Phi) is 2.34. The molecule has 0 aliphatic carbocycles. The van der Waals surface area contributed by atoms with Crippen LogP contribution in [0.2, 0.25) is 0 Å². The van der Waals surface area contributed by atoms with E-state index in [1.54, 1.807) is 0 Å². The molecule has 1 N–H and O–H groups in total. The van der Waals surface area contributed by atoms with Crippen molar-refractivity contribution in [3.8, 4) is 0 Å². The van der Waals surface area contributed by atoms with E-state index in [-0.39, 0.29) is 24.9 Å². The highest BCUT2D eigenvalue weighted by Crippen LogP contribution is 2.11. The van der Waals surface area contributed by atoms with Gasteiger partial charge in [0.05, 0.1) is 6.10 Å². The lowest BCUT2D eigenvalue weighted by Crippen LogP contribution is -2.30. The second-order valence-corrected chi connectivity index (χ2v) is 2.58. The van der Waals surface area contributed by atoms with Crippen LogP contribution < -0.4 is 5.32 Å². The Labute approximate surface area is 59.9 Å². The lowest BCUT2D eigenvalue weighted by atomic mass is 10.2. The van der Waals surface area contributed by atoms with Gasteiger partial charge in [0.1, 0.15) is 12.8 Å². The lowest BCUT2D eigenvalue weighted by molar-refractivity contribution is 0.0540. The second kappa shape index (κ2) is 3.07. The molecule has 0 amide bonds. The molecule has 0 spiro atoms. The number of nitrogens with one attached hydrogen (secondary N) is 1. The van der Waals surface area contributed by atoms with Gasteiger partial charge in [-0.25, -0.2) is 0 Å². The van der Waals surface area contributed by atoms with Crippen molar-refractivity contribution in [1.29, 1.82) is 0 Å². The van der Waals surface area contributed by atoms with Gasteiger partial charge in [-0.15, -0.1) is 0 Å². The van der Waals surface area contributed by atoms with E-state index in [1.165, 1.54) is 0 Å². The first kappa shape index (κ1) is 7.63. The van der Waals surface area contributed by atoms with E-state index >= 15 is 0 Å². The Bertz CT molecular complexity index is 129. The average Bonchev–Trinajstić information content (AvgIpc) is 2.13. The van der Waals surface area contributed by atoms with Crippen LogP contribution in [0, 0.1) is 4.91 Å². The quantitative estimate of drug-likeness (QED) is 0.573. The summed E-state index contributed by atoms with van der Waals surface area (Å²) in [4.78, 5) is 9.86. The Hall–Kier alpha value is -0.480. The molecule has 1 unspecified atom stereocenters. The average molecular weight is 144 g/mol. The largest absolute Gasteiger partial charge is 0.357 e. The molecule has 1 saturated heterocycles. The highest BCUT2D eigenvalue weighted by Gasteiger charge is 2.28. The van der Waals surface area contributed by atoms with E-state index in [0.717, 1.165) is 0 Å². The molecule has 4 heteroatoms. The third kappa shape index (κ3) is 1.52. The van der Waals surface area contributed by atoms with Crippen LogP contribution in [-0.2, 0) is 4.74 Å². The Morgan fingerprint density at radius 2 is 2.30 bits per heavy atom. The summed E-state index contributed by atoms with van der Waals surface area (Å²) in [6.07, 6.45) is 0.0225. The number of nitroso groups, excluding NO2 is 1. The summed E-state index contributed by atoms with van der Waals surface area (Å²) >= 11 is 0. The van der Waals surface area contributed by atoms with Crippen molar-refractivity contribution >= 4 is 0 Å². The van der Waals surface area contributed by atoms with Crippen molar-refractivity contribution in [2.24, 2.45) is 5.18 Å². The number of ether oxygens (including phenoxy) is 1. The summed E-state index contributed by atoms with van der Waals surface area (Å²) in [6.45, 7) is 4.15. The summed E-state index contributed by atoms with van der Waals surface area (Å²) in [5.41, 5.74) is 0. The Morgan fingerprint density at radius 1 is 1.60 bits per heavy atom. The number of nitrogens with zero attached hydrogens (tertiary/aromatic N) is 1. The van der Waals surface area contributed by atoms with Crippen molar-refractivity contribution in [2.75, 3.05) is 6.54 Å². The normalized spacial score (nSPS) is 40.0. The van der Waals surface area contributed by atoms with Crippen molar-refractivity contribution in [1.82, 2.24) is 5.32 Å². The predicted octanol–water partition coefficient (Wildman–Crippen LogP) is 0.476. The Morgan fingerprint density at radius 3 is 2.70 bits per heavy atom. The van der Waals surface area contributed by atoms with Crippen LogP contribution >= 0.6 is 0 Å². The number of hydrogen-bond acceptors (Lipinski definition) is 4. The van der Waals surface area contributed by atoms with Crippen LogP contribution in [-0.4, -0.2) is 24.9 Å². The summed E-state index contributed by atoms with van der Waals surface area (Å²) in [7, 11) is 0. The molecule has 0 radical (unpaired) electrons. The molecular formula is C6H12N2O2. The molecule has 58 valence electrons. The van der Waals surface area contributed by atoms with Gasteiger partial charge in [0.25, 0.3) is 0 Å². The van der Waals surface area contributed by atoms with Crippen molar-refractivity contribution in [2.45, 2.75) is 32.2 Å². The predicted molar refractivity (Wildman–Crippen MR) is 37.6 cm³/mol. The molecule has 3 atom stereocenters. The van der Waals surface area contributed by atoms with E-state index < -0.39 is 0 Å². The van der Waals surface area contributed by atoms with Crippen molar-refractivity contribution < 1.29 is 4.74 Å². The molecule has 0 bridgehead atoms. The first-order valence-corrected chi connectivity index (χ1v) is 3.44. The minimum atomic E-state index is -0.0347. The maximum atomic E-state index is 9.86. The smallest absolute Gasteiger partial charge is 0.109 e. The molecule has 4 nitrogen and oxygen atoms in total. The third-order valence-electron chi connectivity index (χ3n) is 1.69. The fraction of sp³-hybridized carbons (Fsp3) is 1.00. The maximum absolute atomic E-state index is 9.86. The van der Waals surface area contributed by atoms with Crippen molar-refractivity contribution in [3.63, 3.8) is 0 Å². The molecule has 10 heavy (non-hydrogen) atoms. The first-order valence-electron chi connectivity index (χ1n) is 3.44. The number of hydrogen-bond donors (Lipinski definition) is 1. The van der Waals surface area contributed by atoms with E-state index in [0.29, 0.717) is 0 Å². The molecule has 0 aromatic heterocycles. The molecule has 1 fully saturated rings. The van der Waals surface area contributed by atoms with Crippen LogP contribution in [0.5, 0.6) is 0 Å². The molecular weight excluding hydrogens is 132 g/mol. The summed E-state index contributed by atoms with van der Waals surface area (Å²) < 4.78 is 5.31. The van der Waals surface area contributed by atoms with Crippen LogP contribution in [0.3, 0.4) is 0 Å². The van der Waals surface area contributed by atoms with E-state index in [1.807, 2.05) is 13.8 Å². The SMILES string of the molecule is CC1N[C@H](C)O[C@@H]1CN=O. The van der Waals surface area contributed by atoms with Crippen LogP contribution in [0.15, 0.2) is 5.18 Å². The molecule has 1 aliphatic rings. The monoisotopic (exact) mass is 144 g/mol. The highest BCUT2D eigenvalue weighted by atomic mass is 16.5. The van der Waals surface area contributed by atoms with Gasteiger partial charge >= 0.3 is 0 Å². The minimum absolute atomic E-state index is 0.0347. The molecule has 0 aromatic rings. The van der Waals surface area contributed by atoms with Gasteiger partial charge in [-0.2, -0.15) is 4.91 Å². The Balaban J connectivity index is 2.38. The number of rotatable bonds is 2. The summed E-state index contributed by atoms with van der Waals surface area (Å²) in [6, 6.07) is 0.243.